The molecule has 0 aliphatic rings. The highest BCUT2D eigenvalue weighted by Gasteiger charge is 2.09. The van der Waals surface area contributed by atoms with Crippen LogP contribution in [0.15, 0.2) is 71.9 Å². The van der Waals surface area contributed by atoms with Gasteiger partial charge in [0.05, 0.1) is 6.20 Å². The molecule has 27 heavy (non-hydrogen) atoms. The minimum atomic E-state index is -0.0246. The van der Waals surface area contributed by atoms with E-state index in [0.29, 0.717) is 6.61 Å². The Hall–Kier alpha value is -3.34. The molecule has 4 aromatic rings. The number of nitrogens with zero attached hydrogens (tertiary/aromatic N) is 3. The van der Waals surface area contributed by atoms with E-state index in [1.54, 1.807) is 17.7 Å². The first kappa shape index (κ1) is 17.1. The van der Waals surface area contributed by atoms with E-state index >= 15 is 0 Å². The number of hydrogen-bond donors (Lipinski definition) is 0. The van der Waals surface area contributed by atoms with E-state index in [1.165, 1.54) is 0 Å². The minimum absolute atomic E-state index is 0.0246. The third-order valence-electron chi connectivity index (χ3n) is 4.65. The number of aryl methyl sites for hydroxylation is 2. The standard InChI is InChI=1S/C22H21N3O2/c1-3-25-13-16(12-23-25)15-27-19-10-17-6-4-5-7-20(17)21(11-19)18-8-9-22(26)24(2)14-18/h4-14H,3,15H2,1-2H3. The fraction of sp³-hybridized carbons (Fsp3) is 0.182. The highest BCUT2D eigenvalue weighted by molar-refractivity contribution is 5.97. The maximum Gasteiger partial charge on any atom is 0.250 e. The van der Waals surface area contributed by atoms with Crippen LogP contribution in [0.1, 0.15) is 12.5 Å². The van der Waals surface area contributed by atoms with Gasteiger partial charge in [0.1, 0.15) is 12.4 Å². The maximum atomic E-state index is 11.7. The summed E-state index contributed by atoms with van der Waals surface area (Å²) in [5.74, 6) is 0.793. The number of hydrogen-bond acceptors (Lipinski definition) is 3. The summed E-state index contributed by atoms with van der Waals surface area (Å²) < 4.78 is 9.53. The molecule has 0 radical (unpaired) electrons. The van der Waals surface area contributed by atoms with Crippen molar-refractivity contribution in [2.45, 2.75) is 20.1 Å². The van der Waals surface area contributed by atoms with Crippen molar-refractivity contribution in [1.82, 2.24) is 14.3 Å². The molecule has 0 bridgehead atoms. The van der Waals surface area contributed by atoms with Crippen molar-refractivity contribution in [2.75, 3.05) is 0 Å². The molecule has 0 saturated carbocycles. The lowest BCUT2D eigenvalue weighted by Crippen LogP contribution is -2.13. The zero-order valence-electron chi connectivity index (χ0n) is 15.4. The fourth-order valence-electron chi connectivity index (χ4n) is 3.18. The van der Waals surface area contributed by atoms with Crippen LogP contribution < -0.4 is 10.3 Å². The van der Waals surface area contributed by atoms with E-state index in [2.05, 4.69) is 24.2 Å². The Labute approximate surface area is 157 Å². The smallest absolute Gasteiger partial charge is 0.250 e. The van der Waals surface area contributed by atoms with Gasteiger partial charge in [0.2, 0.25) is 5.56 Å². The molecule has 0 amide bonds. The molecule has 0 saturated heterocycles. The Morgan fingerprint density at radius 2 is 1.93 bits per heavy atom. The van der Waals surface area contributed by atoms with E-state index in [1.807, 2.05) is 53.6 Å². The van der Waals surface area contributed by atoms with Gasteiger partial charge in [-0.15, -0.1) is 0 Å². The lowest BCUT2D eigenvalue weighted by Gasteiger charge is -2.12. The van der Waals surface area contributed by atoms with E-state index in [9.17, 15) is 4.79 Å². The molecule has 0 spiro atoms. The predicted molar refractivity (Wildman–Crippen MR) is 107 cm³/mol. The maximum absolute atomic E-state index is 11.7. The zero-order valence-corrected chi connectivity index (χ0v) is 15.4. The first-order valence-electron chi connectivity index (χ1n) is 8.98. The molecule has 0 aliphatic carbocycles. The van der Waals surface area contributed by atoms with Crippen molar-refractivity contribution in [3.05, 3.63) is 83.0 Å². The number of benzene rings is 2. The van der Waals surface area contributed by atoms with Crippen LogP contribution in [0, 0.1) is 0 Å². The number of pyridine rings is 1. The topological polar surface area (TPSA) is 49.0 Å². The quantitative estimate of drug-likeness (QED) is 0.541. The van der Waals surface area contributed by atoms with Crippen molar-refractivity contribution in [3.63, 3.8) is 0 Å². The van der Waals surface area contributed by atoms with Gasteiger partial charge in [-0.2, -0.15) is 5.10 Å². The Balaban J connectivity index is 1.73. The first-order chi connectivity index (χ1) is 13.1. The number of aromatic nitrogens is 3. The van der Waals surface area contributed by atoms with Crippen molar-refractivity contribution >= 4 is 10.8 Å². The van der Waals surface area contributed by atoms with Gasteiger partial charge in [-0.3, -0.25) is 9.48 Å². The Kier molecular flexibility index (Phi) is 4.50. The van der Waals surface area contributed by atoms with Gasteiger partial charge in [0.25, 0.3) is 0 Å². The molecule has 0 aliphatic heterocycles. The van der Waals surface area contributed by atoms with Crippen LogP contribution in [-0.4, -0.2) is 14.3 Å². The van der Waals surface area contributed by atoms with Crippen LogP contribution >= 0.6 is 0 Å². The van der Waals surface area contributed by atoms with E-state index in [4.69, 9.17) is 4.74 Å². The molecule has 5 nitrogen and oxygen atoms in total. The monoisotopic (exact) mass is 359 g/mol. The minimum Gasteiger partial charge on any atom is -0.489 e. The third kappa shape index (κ3) is 3.49. The van der Waals surface area contributed by atoms with Gasteiger partial charge in [0, 0.05) is 37.6 Å². The molecule has 136 valence electrons. The molecule has 2 aromatic carbocycles. The molecule has 2 heterocycles. The molecule has 0 N–H and O–H groups in total. The Bertz CT molecular complexity index is 1160. The van der Waals surface area contributed by atoms with Crippen molar-refractivity contribution < 1.29 is 4.74 Å². The zero-order chi connectivity index (χ0) is 18.8. The van der Waals surface area contributed by atoms with E-state index in [-0.39, 0.29) is 5.56 Å². The summed E-state index contributed by atoms with van der Waals surface area (Å²) in [5.41, 5.74) is 3.04. The second-order valence-electron chi connectivity index (χ2n) is 6.55. The van der Waals surface area contributed by atoms with Crippen molar-refractivity contribution in [3.8, 4) is 16.9 Å². The van der Waals surface area contributed by atoms with Gasteiger partial charge in [-0.05, 0) is 47.0 Å². The van der Waals surface area contributed by atoms with Gasteiger partial charge in [-0.1, -0.05) is 24.3 Å². The molecule has 0 fully saturated rings. The summed E-state index contributed by atoms with van der Waals surface area (Å²) in [5, 5.41) is 6.51. The van der Waals surface area contributed by atoms with E-state index < -0.39 is 0 Å². The highest BCUT2D eigenvalue weighted by Crippen LogP contribution is 2.33. The number of ether oxygens (including phenoxy) is 1. The third-order valence-corrected chi connectivity index (χ3v) is 4.65. The average molecular weight is 359 g/mol. The van der Waals surface area contributed by atoms with Gasteiger partial charge < -0.3 is 9.30 Å². The van der Waals surface area contributed by atoms with Crippen molar-refractivity contribution in [2.24, 2.45) is 7.05 Å². The molecule has 5 heteroatoms. The second kappa shape index (κ2) is 7.11. The summed E-state index contributed by atoms with van der Waals surface area (Å²) in [6.07, 6.45) is 5.69. The number of rotatable bonds is 5. The summed E-state index contributed by atoms with van der Waals surface area (Å²) in [7, 11) is 1.76. The molecule has 2 aromatic heterocycles. The lowest BCUT2D eigenvalue weighted by molar-refractivity contribution is 0.306. The molecule has 0 atom stereocenters. The fourth-order valence-corrected chi connectivity index (χ4v) is 3.18. The lowest BCUT2D eigenvalue weighted by atomic mass is 9.99. The van der Waals surface area contributed by atoms with Crippen LogP contribution in [0.5, 0.6) is 5.75 Å². The summed E-state index contributed by atoms with van der Waals surface area (Å²) in [4.78, 5) is 11.7. The molecular formula is C22H21N3O2. The average Bonchev–Trinajstić information content (AvgIpc) is 3.16. The SMILES string of the molecule is CCn1cc(COc2cc(-c3ccc(=O)n(C)c3)c3ccccc3c2)cn1. The van der Waals surface area contributed by atoms with Crippen LogP contribution in [-0.2, 0) is 20.2 Å². The molecule has 0 unspecified atom stereocenters. The second-order valence-corrected chi connectivity index (χ2v) is 6.55. The molecular weight excluding hydrogens is 338 g/mol. The number of fused-ring (bicyclic) bond motifs is 1. The summed E-state index contributed by atoms with van der Waals surface area (Å²) in [6.45, 7) is 3.36. The van der Waals surface area contributed by atoms with E-state index in [0.717, 1.165) is 39.8 Å². The first-order valence-corrected chi connectivity index (χ1v) is 8.98. The largest absolute Gasteiger partial charge is 0.489 e. The summed E-state index contributed by atoms with van der Waals surface area (Å²) >= 11 is 0. The normalized spacial score (nSPS) is 11.0. The Morgan fingerprint density at radius 1 is 1.07 bits per heavy atom. The van der Waals surface area contributed by atoms with Crippen LogP contribution in [0.3, 0.4) is 0 Å². The van der Waals surface area contributed by atoms with Gasteiger partial charge >= 0.3 is 0 Å². The Morgan fingerprint density at radius 3 is 2.70 bits per heavy atom. The van der Waals surface area contributed by atoms with Crippen LogP contribution in [0.25, 0.3) is 21.9 Å². The highest BCUT2D eigenvalue weighted by atomic mass is 16.5. The molecule has 4 rings (SSSR count). The van der Waals surface area contributed by atoms with Gasteiger partial charge in [0.15, 0.2) is 0 Å². The van der Waals surface area contributed by atoms with Crippen LogP contribution in [0.2, 0.25) is 0 Å². The van der Waals surface area contributed by atoms with Gasteiger partial charge in [-0.25, -0.2) is 0 Å². The predicted octanol–water partition coefficient (Wildman–Crippen LogP) is 4.00. The van der Waals surface area contributed by atoms with Crippen LogP contribution in [0.4, 0.5) is 0 Å². The van der Waals surface area contributed by atoms with Crippen molar-refractivity contribution in [1.29, 1.82) is 0 Å². The summed E-state index contributed by atoms with van der Waals surface area (Å²) in [6, 6.07) is 15.7.